The van der Waals surface area contributed by atoms with Crippen LogP contribution in [0.4, 0.5) is 0 Å². The zero-order valence-electron chi connectivity index (χ0n) is 8.34. The van der Waals surface area contributed by atoms with Crippen LogP contribution in [0.5, 0.6) is 0 Å². The van der Waals surface area contributed by atoms with Gasteiger partial charge in [-0.2, -0.15) is 0 Å². The first-order chi connectivity index (χ1) is 5.74. The summed E-state index contributed by atoms with van der Waals surface area (Å²) in [6.45, 7) is 4.87. The highest BCUT2D eigenvalue weighted by molar-refractivity contribution is 4.75. The van der Waals surface area contributed by atoms with Gasteiger partial charge in [0.2, 0.25) is 0 Å². The van der Waals surface area contributed by atoms with Crippen molar-refractivity contribution in [3.05, 3.63) is 0 Å². The summed E-state index contributed by atoms with van der Waals surface area (Å²) in [6.07, 6.45) is 4.98. The molecule has 0 aliphatic heterocycles. The van der Waals surface area contributed by atoms with Crippen molar-refractivity contribution in [2.75, 3.05) is 13.2 Å². The predicted octanol–water partition coefficient (Wildman–Crippen LogP) is 1.95. The van der Waals surface area contributed by atoms with Crippen LogP contribution in [0, 0.1) is 5.41 Å². The largest absolute Gasteiger partial charge is 0.396 e. The fourth-order valence-corrected chi connectivity index (χ4v) is 1.77. The summed E-state index contributed by atoms with van der Waals surface area (Å²) < 4.78 is 0. The second kappa shape index (κ2) is 6.44. The lowest BCUT2D eigenvalue weighted by Crippen LogP contribution is -2.20. The summed E-state index contributed by atoms with van der Waals surface area (Å²) in [5.41, 5.74) is 0.275. The molecule has 0 atom stereocenters. The molecule has 2 nitrogen and oxygen atoms in total. The molecule has 0 aliphatic carbocycles. The normalized spacial score (nSPS) is 12.0. The molecule has 0 aromatic carbocycles. The zero-order chi connectivity index (χ0) is 9.45. The average molecular weight is 174 g/mol. The topological polar surface area (TPSA) is 40.5 Å². The van der Waals surface area contributed by atoms with E-state index in [9.17, 15) is 0 Å². The van der Waals surface area contributed by atoms with Crippen molar-refractivity contribution in [2.24, 2.45) is 5.41 Å². The molecule has 2 heteroatoms. The monoisotopic (exact) mass is 174 g/mol. The Morgan fingerprint density at radius 2 is 1.50 bits per heavy atom. The highest BCUT2D eigenvalue weighted by Gasteiger charge is 2.24. The van der Waals surface area contributed by atoms with Gasteiger partial charge in [-0.25, -0.2) is 0 Å². The second-order valence-electron chi connectivity index (χ2n) is 3.51. The van der Waals surface area contributed by atoms with Crippen LogP contribution in [0.25, 0.3) is 0 Å². The maximum atomic E-state index is 8.90. The van der Waals surface area contributed by atoms with Crippen LogP contribution in [-0.2, 0) is 0 Å². The molecule has 0 heterocycles. The summed E-state index contributed by atoms with van der Waals surface area (Å²) in [5.74, 6) is 0. The molecule has 0 aliphatic rings. The lowest BCUT2D eigenvalue weighted by molar-refractivity contribution is 0.142. The average Bonchev–Trinajstić information content (AvgIpc) is 2.13. The van der Waals surface area contributed by atoms with Crippen molar-refractivity contribution >= 4 is 0 Å². The van der Waals surface area contributed by atoms with E-state index in [1.165, 1.54) is 0 Å². The van der Waals surface area contributed by atoms with Crippen LogP contribution in [0.2, 0.25) is 0 Å². The van der Waals surface area contributed by atoms with E-state index in [1.54, 1.807) is 0 Å². The smallest absolute Gasteiger partial charge is 0.0436 e. The van der Waals surface area contributed by atoms with Gasteiger partial charge < -0.3 is 10.2 Å². The Bertz CT molecular complexity index is 98.0. The van der Waals surface area contributed by atoms with Gasteiger partial charge in [0.1, 0.15) is 0 Å². The SMILES string of the molecule is CCC(CC)(CCO)CCCO. The van der Waals surface area contributed by atoms with Crippen LogP contribution < -0.4 is 0 Å². The quantitative estimate of drug-likeness (QED) is 0.619. The van der Waals surface area contributed by atoms with Crippen molar-refractivity contribution < 1.29 is 10.2 Å². The number of rotatable bonds is 7. The van der Waals surface area contributed by atoms with E-state index in [0.717, 1.165) is 32.1 Å². The van der Waals surface area contributed by atoms with E-state index >= 15 is 0 Å². The lowest BCUT2D eigenvalue weighted by Gasteiger charge is -2.30. The summed E-state index contributed by atoms with van der Waals surface area (Å²) >= 11 is 0. The number of hydrogen-bond donors (Lipinski definition) is 2. The minimum atomic E-state index is 0.271. The minimum Gasteiger partial charge on any atom is -0.396 e. The Morgan fingerprint density at radius 3 is 1.83 bits per heavy atom. The van der Waals surface area contributed by atoms with Crippen molar-refractivity contribution in [3.8, 4) is 0 Å². The van der Waals surface area contributed by atoms with Crippen LogP contribution in [0.15, 0.2) is 0 Å². The van der Waals surface area contributed by atoms with Gasteiger partial charge in [0.25, 0.3) is 0 Å². The van der Waals surface area contributed by atoms with Gasteiger partial charge in [-0.3, -0.25) is 0 Å². The van der Waals surface area contributed by atoms with Crippen LogP contribution in [0.1, 0.15) is 46.0 Å². The first kappa shape index (κ1) is 11.9. The molecule has 0 rings (SSSR count). The van der Waals surface area contributed by atoms with E-state index < -0.39 is 0 Å². The van der Waals surface area contributed by atoms with Crippen LogP contribution >= 0.6 is 0 Å². The summed E-state index contributed by atoms with van der Waals surface area (Å²) in [6, 6.07) is 0. The van der Waals surface area contributed by atoms with Gasteiger partial charge in [-0.1, -0.05) is 26.7 Å². The Kier molecular flexibility index (Phi) is 6.39. The third-order valence-corrected chi connectivity index (χ3v) is 3.01. The standard InChI is InChI=1S/C10H22O2/c1-3-10(4-2,7-9-12)6-5-8-11/h11-12H,3-9H2,1-2H3. The van der Waals surface area contributed by atoms with E-state index in [2.05, 4.69) is 13.8 Å². The third kappa shape index (κ3) is 3.55. The molecule has 0 aromatic rings. The first-order valence-electron chi connectivity index (χ1n) is 4.96. The molecule has 0 spiro atoms. The highest BCUT2D eigenvalue weighted by Crippen LogP contribution is 2.35. The van der Waals surface area contributed by atoms with Gasteiger partial charge in [-0.05, 0) is 24.7 Å². The first-order valence-corrected chi connectivity index (χ1v) is 4.96. The lowest BCUT2D eigenvalue weighted by atomic mass is 9.76. The van der Waals surface area contributed by atoms with E-state index in [0.29, 0.717) is 0 Å². The molecule has 0 amide bonds. The molecular formula is C10H22O2. The molecule has 2 N–H and O–H groups in total. The minimum absolute atomic E-state index is 0.271. The van der Waals surface area contributed by atoms with Gasteiger partial charge >= 0.3 is 0 Å². The molecule has 0 unspecified atom stereocenters. The molecular weight excluding hydrogens is 152 g/mol. The molecule has 0 radical (unpaired) electrons. The zero-order valence-corrected chi connectivity index (χ0v) is 8.34. The highest BCUT2D eigenvalue weighted by atomic mass is 16.3. The molecule has 12 heavy (non-hydrogen) atoms. The summed E-state index contributed by atoms with van der Waals surface area (Å²) in [4.78, 5) is 0. The Labute approximate surface area is 75.6 Å². The fraction of sp³-hybridized carbons (Fsp3) is 1.00. The number of hydrogen-bond acceptors (Lipinski definition) is 2. The maximum absolute atomic E-state index is 8.90. The predicted molar refractivity (Wildman–Crippen MR) is 51.0 cm³/mol. The van der Waals surface area contributed by atoms with Crippen molar-refractivity contribution in [3.63, 3.8) is 0 Å². The molecule has 0 fully saturated rings. The van der Waals surface area contributed by atoms with Gasteiger partial charge in [0.05, 0.1) is 0 Å². The Morgan fingerprint density at radius 1 is 0.917 bits per heavy atom. The Balaban J connectivity index is 3.95. The van der Waals surface area contributed by atoms with E-state index in [4.69, 9.17) is 10.2 Å². The third-order valence-electron chi connectivity index (χ3n) is 3.01. The fourth-order valence-electron chi connectivity index (χ4n) is 1.77. The van der Waals surface area contributed by atoms with Gasteiger partial charge in [-0.15, -0.1) is 0 Å². The molecule has 74 valence electrons. The molecule has 0 saturated carbocycles. The number of aliphatic hydroxyl groups is 2. The molecule has 0 aromatic heterocycles. The van der Waals surface area contributed by atoms with Crippen molar-refractivity contribution in [1.29, 1.82) is 0 Å². The van der Waals surface area contributed by atoms with E-state index in [-0.39, 0.29) is 18.6 Å². The maximum Gasteiger partial charge on any atom is 0.0436 e. The Hall–Kier alpha value is -0.0800. The second-order valence-corrected chi connectivity index (χ2v) is 3.51. The number of aliphatic hydroxyl groups excluding tert-OH is 2. The summed E-state index contributed by atoms with van der Waals surface area (Å²) in [5, 5.41) is 17.6. The van der Waals surface area contributed by atoms with Crippen molar-refractivity contribution in [1.82, 2.24) is 0 Å². The molecule has 0 saturated heterocycles. The molecule has 0 bridgehead atoms. The van der Waals surface area contributed by atoms with Crippen LogP contribution in [0.3, 0.4) is 0 Å². The van der Waals surface area contributed by atoms with E-state index in [1.807, 2.05) is 0 Å². The van der Waals surface area contributed by atoms with Crippen LogP contribution in [-0.4, -0.2) is 23.4 Å². The summed E-state index contributed by atoms with van der Waals surface area (Å²) in [7, 11) is 0. The van der Waals surface area contributed by atoms with Crippen molar-refractivity contribution in [2.45, 2.75) is 46.0 Å². The van der Waals surface area contributed by atoms with Gasteiger partial charge in [0.15, 0.2) is 0 Å². The van der Waals surface area contributed by atoms with Gasteiger partial charge in [0, 0.05) is 13.2 Å².